The number of hydrogen-bond donors (Lipinski definition) is 0. The maximum Gasteiger partial charge on any atom is 0.417 e. The number of halogens is 6. The van der Waals surface area contributed by atoms with Gasteiger partial charge in [-0.25, -0.2) is 9.97 Å². The predicted octanol–water partition coefficient (Wildman–Crippen LogP) is 5.31. The molecule has 0 spiro atoms. The summed E-state index contributed by atoms with van der Waals surface area (Å²) in [5.74, 6) is -0.832. The number of rotatable bonds is 3. The van der Waals surface area contributed by atoms with Gasteiger partial charge in [0.1, 0.15) is 11.3 Å². The first-order chi connectivity index (χ1) is 12.1. The monoisotopic (exact) mass is 391 g/mol. The van der Waals surface area contributed by atoms with Crippen molar-refractivity contribution in [2.75, 3.05) is 5.75 Å². The van der Waals surface area contributed by atoms with Crippen molar-refractivity contribution in [3.05, 3.63) is 42.1 Å². The van der Waals surface area contributed by atoms with Gasteiger partial charge in [-0.3, -0.25) is 0 Å². The van der Waals surface area contributed by atoms with E-state index in [0.717, 1.165) is 6.07 Å². The minimum Gasteiger partial charge on any atom is -0.312 e. The van der Waals surface area contributed by atoms with Crippen LogP contribution in [-0.4, -0.2) is 26.5 Å². The van der Waals surface area contributed by atoms with E-state index in [0.29, 0.717) is 28.4 Å². The number of thioether (sulfide) groups is 1. The van der Waals surface area contributed by atoms with E-state index in [-0.39, 0.29) is 17.0 Å². The first kappa shape index (κ1) is 18.6. The standard InChI is InChI=1S/C16H11F6N3S/c1-25-13(10-4-2-3-5-12(10)26-8-15(17,18)19)24-11-6-9(16(20,21)22)7-23-14(11)25/h2-7H,8H2,1H3. The minimum atomic E-state index is -4.56. The molecule has 0 aliphatic rings. The molecule has 138 valence electrons. The zero-order valence-electron chi connectivity index (χ0n) is 13.2. The van der Waals surface area contributed by atoms with Crippen LogP contribution in [0.5, 0.6) is 0 Å². The molecule has 0 amide bonds. The van der Waals surface area contributed by atoms with Crippen molar-refractivity contribution >= 4 is 22.9 Å². The zero-order chi connectivity index (χ0) is 19.1. The van der Waals surface area contributed by atoms with Crippen LogP contribution in [-0.2, 0) is 13.2 Å². The van der Waals surface area contributed by atoms with Gasteiger partial charge in [-0.15, -0.1) is 11.8 Å². The highest BCUT2D eigenvalue weighted by Gasteiger charge is 2.32. The predicted molar refractivity (Wildman–Crippen MR) is 85.7 cm³/mol. The van der Waals surface area contributed by atoms with Gasteiger partial charge in [0, 0.05) is 23.7 Å². The number of imidazole rings is 1. The molecular formula is C16H11F6N3S. The smallest absolute Gasteiger partial charge is 0.312 e. The molecule has 0 fully saturated rings. The number of aryl methyl sites for hydroxylation is 1. The van der Waals surface area contributed by atoms with Crippen molar-refractivity contribution in [1.82, 2.24) is 14.5 Å². The highest BCUT2D eigenvalue weighted by atomic mass is 32.2. The number of hydrogen-bond acceptors (Lipinski definition) is 3. The fourth-order valence-corrected chi connectivity index (χ4v) is 3.22. The molecule has 0 N–H and O–H groups in total. The van der Waals surface area contributed by atoms with E-state index >= 15 is 0 Å². The quantitative estimate of drug-likeness (QED) is 0.448. The highest BCUT2D eigenvalue weighted by Crippen LogP contribution is 2.36. The number of benzene rings is 1. The molecule has 2 heterocycles. The summed E-state index contributed by atoms with van der Waals surface area (Å²) in [6, 6.07) is 7.17. The maximum atomic E-state index is 12.8. The number of alkyl halides is 6. The van der Waals surface area contributed by atoms with Crippen molar-refractivity contribution in [2.45, 2.75) is 17.2 Å². The van der Waals surface area contributed by atoms with Crippen LogP contribution in [0, 0.1) is 0 Å². The molecular weight excluding hydrogens is 380 g/mol. The van der Waals surface area contributed by atoms with Crippen LogP contribution in [0.4, 0.5) is 26.3 Å². The first-order valence-electron chi connectivity index (χ1n) is 7.25. The second-order valence-corrected chi connectivity index (χ2v) is 6.48. The molecule has 0 unspecified atom stereocenters. The van der Waals surface area contributed by atoms with Crippen molar-refractivity contribution < 1.29 is 26.3 Å². The Morgan fingerprint density at radius 1 is 1.08 bits per heavy atom. The lowest BCUT2D eigenvalue weighted by atomic mass is 10.2. The molecule has 0 bridgehead atoms. The van der Waals surface area contributed by atoms with Crippen molar-refractivity contribution in [3.63, 3.8) is 0 Å². The third kappa shape index (κ3) is 3.79. The molecule has 0 aliphatic carbocycles. The van der Waals surface area contributed by atoms with E-state index in [1.54, 1.807) is 25.2 Å². The van der Waals surface area contributed by atoms with Crippen LogP contribution in [0.2, 0.25) is 0 Å². The number of nitrogens with zero attached hydrogens (tertiary/aromatic N) is 3. The molecule has 0 atom stereocenters. The number of fused-ring (bicyclic) bond motifs is 1. The van der Waals surface area contributed by atoms with Crippen LogP contribution in [0.3, 0.4) is 0 Å². The summed E-state index contributed by atoms with van der Waals surface area (Å²) in [5.41, 5.74) is -0.304. The molecule has 2 aromatic heterocycles. The zero-order valence-corrected chi connectivity index (χ0v) is 14.0. The molecule has 3 rings (SSSR count). The van der Waals surface area contributed by atoms with Crippen LogP contribution in [0.25, 0.3) is 22.6 Å². The summed E-state index contributed by atoms with van der Waals surface area (Å²) in [5, 5.41) is 0. The highest BCUT2D eigenvalue weighted by molar-refractivity contribution is 7.99. The average molecular weight is 391 g/mol. The van der Waals surface area contributed by atoms with E-state index in [1.807, 2.05) is 0 Å². The number of pyridine rings is 1. The second-order valence-electron chi connectivity index (χ2n) is 5.46. The Balaban J connectivity index is 2.07. The normalized spacial score (nSPS) is 12.7. The number of aromatic nitrogens is 3. The topological polar surface area (TPSA) is 30.7 Å². The molecule has 0 saturated heterocycles. The molecule has 1 aromatic carbocycles. The van der Waals surface area contributed by atoms with Gasteiger partial charge in [0.05, 0.1) is 11.3 Å². The average Bonchev–Trinajstić information content (AvgIpc) is 2.88. The van der Waals surface area contributed by atoms with Gasteiger partial charge in [-0.2, -0.15) is 26.3 Å². The Labute approximate surface area is 148 Å². The fraction of sp³-hybridized carbons (Fsp3) is 0.250. The van der Waals surface area contributed by atoms with Gasteiger partial charge < -0.3 is 4.57 Å². The summed E-state index contributed by atoms with van der Waals surface area (Å²) < 4.78 is 77.5. The van der Waals surface area contributed by atoms with Crippen molar-refractivity contribution in [1.29, 1.82) is 0 Å². The van der Waals surface area contributed by atoms with E-state index in [4.69, 9.17) is 0 Å². The van der Waals surface area contributed by atoms with Gasteiger partial charge in [0.25, 0.3) is 0 Å². The summed E-state index contributed by atoms with van der Waals surface area (Å²) >= 11 is 0.596. The van der Waals surface area contributed by atoms with E-state index < -0.39 is 23.7 Å². The lowest BCUT2D eigenvalue weighted by molar-refractivity contribution is -0.137. The first-order valence-corrected chi connectivity index (χ1v) is 8.23. The SMILES string of the molecule is Cn1c(-c2ccccc2SCC(F)(F)F)nc2cc(C(F)(F)F)cnc21. The minimum absolute atomic E-state index is 0.0212. The summed E-state index contributed by atoms with van der Waals surface area (Å²) in [7, 11) is 1.55. The lowest BCUT2D eigenvalue weighted by Crippen LogP contribution is -2.10. The Hall–Kier alpha value is -2.23. The summed E-state index contributed by atoms with van der Waals surface area (Å²) in [6.45, 7) is 0. The Kier molecular flexibility index (Phi) is 4.63. The van der Waals surface area contributed by atoms with E-state index in [9.17, 15) is 26.3 Å². The fourth-order valence-electron chi connectivity index (χ4n) is 2.41. The summed E-state index contributed by atoms with van der Waals surface area (Å²) in [6.07, 6.45) is -8.19. The third-order valence-electron chi connectivity index (χ3n) is 3.56. The van der Waals surface area contributed by atoms with Gasteiger partial charge in [-0.1, -0.05) is 18.2 Å². The second kappa shape index (κ2) is 6.49. The lowest BCUT2D eigenvalue weighted by Gasteiger charge is -2.10. The van der Waals surface area contributed by atoms with Gasteiger partial charge >= 0.3 is 12.4 Å². The Bertz CT molecular complexity index is 945. The summed E-state index contributed by atoms with van der Waals surface area (Å²) in [4.78, 5) is 8.30. The van der Waals surface area contributed by atoms with E-state index in [1.165, 1.54) is 10.6 Å². The Morgan fingerprint density at radius 2 is 1.77 bits per heavy atom. The van der Waals surface area contributed by atoms with Crippen LogP contribution in [0.1, 0.15) is 5.56 Å². The van der Waals surface area contributed by atoms with Gasteiger partial charge in [-0.05, 0) is 12.1 Å². The molecule has 26 heavy (non-hydrogen) atoms. The van der Waals surface area contributed by atoms with Gasteiger partial charge in [0.15, 0.2) is 5.65 Å². The van der Waals surface area contributed by atoms with Crippen molar-refractivity contribution in [3.8, 4) is 11.4 Å². The van der Waals surface area contributed by atoms with Crippen molar-refractivity contribution in [2.24, 2.45) is 7.05 Å². The largest absolute Gasteiger partial charge is 0.417 e. The molecule has 0 radical (unpaired) electrons. The molecule has 3 aromatic rings. The molecule has 10 heteroatoms. The van der Waals surface area contributed by atoms with Crippen LogP contribution < -0.4 is 0 Å². The van der Waals surface area contributed by atoms with Crippen LogP contribution in [0.15, 0.2) is 41.4 Å². The molecule has 0 aliphatic heterocycles. The molecule has 3 nitrogen and oxygen atoms in total. The van der Waals surface area contributed by atoms with E-state index in [2.05, 4.69) is 9.97 Å². The third-order valence-corrected chi connectivity index (χ3v) is 4.69. The van der Waals surface area contributed by atoms with Crippen LogP contribution >= 0.6 is 11.8 Å². The molecule has 0 saturated carbocycles. The maximum absolute atomic E-state index is 12.8. The Morgan fingerprint density at radius 3 is 2.42 bits per heavy atom. The van der Waals surface area contributed by atoms with Gasteiger partial charge in [0.2, 0.25) is 0 Å².